The van der Waals surface area contributed by atoms with Gasteiger partial charge < -0.3 is 5.73 Å². The molecule has 0 saturated heterocycles. The van der Waals surface area contributed by atoms with Crippen molar-refractivity contribution in [1.29, 1.82) is 0 Å². The van der Waals surface area contributed by atoms with E-state index < -0.39 is 0 Å². The molecule has 1 unspecified atom stereocenters. The van der Waals surface area contributed by atoms with E-state index in [1.165, 1.54) is 5.56 Å². The zero-order chi connectivity index (χ0) is 12.6. The molecule has 0 radical (unpaired) electrons. The summed E-state index contributed by atoms with van der Waals surface area (Å²) in [6.07, 6.45) is 0. The molecule has 17 heavy (non-hydrogen) atoms. The Kier molecular flexibility index (Phi) is 4.47. The number of hydrogen-bond acceptors (Lipinski definition) is 2. The summed E-state index contributed by atoms with van der Waals surface area (Å²) in [6.45, 7) is 2.07. The minimum atomic E-state index is -0.100. The summed E-state index contributed by atoms with van der Waals surface area (Å²) < 4.78 is 3.18. The third-order valence-electron chi connectivity index (χ3n) is 2.46. The Morgan fingerprint density at radius 1 is 1.12 bits per heavy atom. The van der Waals surface area contributed by atoms with Gasteiger partial charge in [-0.15, -0.1) is 11.3 Å². The Balaban J connectivity index is 2.42. The molecule has 0 saturated carbocycles. The van der Waals surface area contributed by atoms with E-state index in [9.17, 15) is 0 Å². The molecule has 1 heterocycles. The topological polar surface area (TPSA) is 26.0 Å². The largest absolute Gasteiger partial charge is 0.320 e. The minimum absolute atomic E-state index is 0.100. The van der Waals surface area contributed by atoms with Crippen molar-refractivity contribution in [3.05, 3.63) is 53.0 Å². The van der Waals surface area contributed by atoms with Crippen molar-refractivity contribution in [2.75, 3.05) is 0 Å². The molecule has 1 aromatic carbocycles. The molecule has 2 aromatic rings. The molecule has 5 heteroatoms. The number of thiophene rings is 1. The molecule has 1 atom stereocenters. The van der Waals surface area contributed by atoms with Gasteiger partial charge in [0.2, 0.25) is 0 Å². The summed E-state index contributed by atoms with van der Waals surface area (Å²) in [7, 11) is 0. The summed E-state index contributed by atoms with van der Waals surface area (Å²) in [5, 5.41) is 0. The number of nitrogens with two attached hydrogens (primary N) is 1. The van der Waals surface area contributed by atoms with Crippen LogP contribution in [0.1, 0.15) is 22.0 Å². The standard InChI is InChI=1S/C12H10Br3NS/c1-6-2-3-8(13)7(4-6)11(16)10-5-9(14)12(15)17-10/h2-5,11H,16H2,1H3. The molecule has 1 aromatic heterocycles. The number of aryl methyl sites for hydroxylation is 1. The molecule has 1 nitrogen and oxygen atoms in total. The van der Waals surface area contributed by atoms with Crippen LogP contribution in [0.15, 0.2) is 37.0 Å². The first-order chi connectivity index (χ1) is 7.99. The number of halogens is 3. The van der Waals surface area contributed by atoms with Crippen LogP contribution in [0.4, 0.5) is 0 Å². The van der Waals surface area contributed by atoms with Crippen LogP contribution in [-0.4, -0.2) is 0 Å². The van der Waals surface area contributed by atoms with E-state index in [2.05, 4.69) is 72.9 Å². The average Bonchev–Trinajstić information content (AvgIpc) is 2.62. The highest BCUT2D eigenvalue weighted by molar-refractivity contribution is 9.13. The van der Waals surface area contributed by atoms with Crippen LogP contribution in [0, 0.1) is 6.92 Å². The lowest BCUT2D eigenvalue weighted by molar-refractivity contribution is 0.885. The molecule has 0 amide bonds. The third-order valence-corrected chi connectivity index (χ3v) is 6.52. The maximum Gasteiger partial charge on any atom is 0.0843 e. The number of hydrogen-bond donors (Lipinski definition) is 1. The van der Waals surface area contributed by atoms with Gasteiger partial charge in [0.25, 0.3) is 0 Å². The van der Waals surface area contributed by atoms with Gasteiger partial charge in [0.15, 0.2) is 0 Å². The van der Waals surface area contributed by atoms with E-state index in [0.717, 1.165) is 23.2 Å². The molecule has 90 valence electrons. The smallest absolute Gasteiger partial charge is 0.0843 e. The van der Waals surface area contributed by atoms with Crippen LogP contribution in [-0.2, 0) is 0 Å². The molecule has 0 aliphatic heterocycles. The van der Waals surface area contributed by atoms with Gasteiger partial charge in [0, 0.05) is 13.8 Å². The zero-order valence-electron chi connectivity index (χ0n) is 9.01. The van der Waals surface area contributed by atoms with Gasteiger partial charge in [-0.25, -0.2) is 0 Å². The van der Waals surface area contributed by atoms with Crippen LogP contribution < -0.4 is 5.73 Å². The molecular formula is C12H10Br3NS. The van der Waals surface area contributed by atoms with Crippen molar-refractivity contribution in [3.8, 4) is 0 Å². The van der Waals surface area contributed by atoms with Crippen molar-refractivity contribution in [2.24, 2.45) is 5.73 Å². The van der Waals surface area contributed by atoms with Gasteiger partial charge in [0.1, 0.15) is 0 Å². The summed E-state index contributed by atoms with van der Waals surface area (Å²) in [4.78, 5) is 1.13. The molecule has 0 spiro atoms. The fraction of sp³-hybridized carbons (Fsp3) is 0.167. The maximum atomic E-state index is 6.31. The van der Waals surface area contributed by atoms with Crippen LogP contribution in [0.5, 0.6) is 0 Å². The van der Waals surface area contributed by atoms with Gasteiger partial charge in [-0.1, -0.05) is 33.6 Å². The highest BCUT2D eigenvalue weighted by Crippen LogP contribution is 2.38. The second-order valence-corrected chi connectivity index (χ2v) is 7.88. The third kappa shape index (κ3) is 3.01. The van der Waals surface area contributed by atoms with E-state index >= 15 is 0 Å². The van der Waals surface area contributed by atoms with Gasteiger partial charge in [-0.05, 0) is 56.5 Å². The van der Waals surface area contributed by atoms with Crippen molar-refractivity contribution < 1.29 is 0 Å². The molecule has 2 N–H and O–H groups in total. The van der Waals surface area contributed by atoms with Gasteiger partial charge in [-0.2, -0.15) is 0 Å². The first-order valence-corrected chi connectivity index (χ1v) is 8.15. The van der Waals surface area contributed by atoms with Crippen molar-refractivity contribution in [3.63, 3.8) is 0 Å². The number of rotatable bonds is 2. The van der Waals surface area contributed by atoms with Crippen LogP contribution >= 0.6 is 59.1 Å². The highest BCUT2D eigenvalue weighted by atomic mass is 79.9. The van der Waals surface area contributed by atoms with E-state index in [1.807, 2.05) is 6.07 Å². The first kappa shape index (κ1) is 13.7. The quantitative estimate of drug-likeness (QED) is 0.666. The monoisotopic (exact) mass is 437 g/mol. The van der Waals surface area contributed by atoms with Crippen LogP contribution in [0.25, 0.3) is 0 Å². The van der Waals surface area contributed by atoms with E-state index in [0.29, 0.717) is 0 Å². The second kappa shape index (κ2) is 5.53. The predicted octanol–water partition coefficient (Wildman–Crippen LogP) is 5.39. The Morgan fingerprint density at radius 3 is 2.41 bits per heavy atom. The summed E-state index contributed by atoms with van der Waals surface area (Å²) in [5.41, 5.74) is 8.64. The van der Waals surface area contributed by atoms with Gasteiger partial charge in [-0.3, -0.25) is 0 Å². The SMILES string of the molecule is Cc1ccc(Br)c(C(N)c2cc(Br)c(Br)s2)c1. The molecule has 0 aliphatic carbocycles. The molecule has 0 aliphatic rings. The van der Waals surface area contributed by atoms with Crippen molar-refractivity contribution >= 4 is 59.1 Å². The summed E-state index contributed by atoms with van der Waals surface area (Å²) >= 11 is 12.2. The fourth-order valence-corrected chi connectivity index (χ4v) is 4.17. The lowest BCUT2D eigenvalue weighted by Gasteiger charge is -2.13. The number of benzene rings is 1. The summed E-state index contributed by atoms with van der Waals surface area (Å²) in [5.74, 6) is 0. The first-order valence-electron chi connectivity index (χ1n) is 4.95. The predicted molar refractivity (Wildman–Crippen MR) is 84.6 cm³/mol. The normalized spacial score (nSPS) is 12.8. The van der Waals surface area contributed by atoms with E-state index in [-0.39, 0.29) is 6.04 Å². The van der Waals surface area contributed by atoms with E-state index in [1.54, 1.807) is 11.3 Å². The molecule has 0 bridgehead atoms. The minimum Gasteiger partial charge on any atom is -0.320 e. The Labute approximate surface area is 130 Å². The lowest BCUT2D eigenvalue weighted by atomic mass is 10.0. The lowest BCUT2D eigenvalue weighted by Crippen LogP contribution is -2.11. The molecule has 2 rings (SSSR count). The van der Waals surface area contributed by atoms with Gasteiger partial charge in [0.05, 0.1) is 9.83 Å². The average molecular weight is 440 g/mol. The molecular weight excluding hydrogens is 430 g/mol. The Hall–Kier alpha value is 0.320. The second-order valence-electron chi connectivity index (χ2n) is 3.77. The van der Waals surface area contributed by atoms with Crippen LogP contribution in [0.2, 0.25) is 0 Å². The summed E-state index contributed by atoms with van der Waals surface area (Å²) in [6, 6.07) is 8.20. The fourth-order valence-electron chi connectivity index (χ4n) is 1.57. The highest BCUT2D eigenvalue weighted by Gasteiger charge is 2.16. The van der Waals surface area contributed by atoms with Crippen molar-refractivity contribution in [2.45, 2.75) is 13.0 Å². The van der Waals surface area contributed by atoms with Crippen molar-refractivity contribution in [1.82, 2.24) is 0 Å². The Bertz CT molecular complexity index is 531. The maximum absolute atomic E-state index is 6.31. The zero-order valence-corrected chi connectivity index (χ0v) is 14.6. The Morgan fingerprint density at radius 2 is 1.82 bits per heavy atom. The van der Waals surface area contributed by atoms with E-state index in [4.69, 9.17) is 5.73 Å². The van der Waals surface area contributed by atoms with Gasteiger partial charge >= 0.3 is 0 Å². The molecule has 0 fully saturated rings. The van der Waals surface area contributed by atoms with Crippen LogP contribution in [0.3, 0.4) is 0 Å².